The van der Waals surface area contributed by atoms with Gasteiger partial charge in [0, 0.05) is 18.8 Å². The van der Waals surface area contributed by atoms with Gasteiger partial charge in [0.1, 0.15) is 6.33 Å². The second-order valence-corrected chi connectivity index (χ2v) is 7.15. The summed E-state index contributed by atoms with van der Waals surface area (Å²) < 4.78 is 12.5. The van der Waals surface area contributed by atoms with E-state index >= 15 is 0 Å². The van der Waals surface area contributed by atoms with Crippen LogP contribution < -0.4 is 9.47 Å². The predicted molar refractivity (Wildman–Crippen MR) is 113 cm³/mol. The lowest BCUT2D eigenvalue weighted by molar-refractivity contribution is -0.128. The summed E-state index contributed by atoms with van der Waals surface area (Å²) >= 11 is 1.38. The summed E-state index contributed by atoms with van der Waals surface area (Å²) in [6.07, 6.45) is 1.66. The van der Waals surface area contributed by atoms with Gasteiger partial charge in [0.2, 0.25) is 5.91 Å². The Labute approximate surface area is 174 Å². The normalized spacial score (nSPS) is 10.6. The van der Waals surface area contributed by atoms with Crippen molar-refractivity contribution in [3.8, 4) is 17.2 Å². The number of carbonyl (C=O) groups is 1. The van der Waals surface area contributed by atoms with E-state index in [1.54, 1.807) is 25.4 Å². The molecule has 3 aromatic rings. The number of para-hydroxylation sites is 1. The van der Waals surface area contributed by atoms with Gasteiger partial charge in [-0.2, -0.15) is 0 Å². The number of ether oxygens (including phenoxy) is 2. The third kappa shape index (κ3) is 5.08. The molecule has 1 aromatic heterocycles. The fraction of sp³-hybridized carbons (Fsp3) is 0.286. The van der Waals surface area contributed by atoms with Gasteiger partial charge in [-0.15, -0.1) is 10.2 Å². The van der Waals surface area contributed by atoms with Crippen LogP contribution in [0, 0.1) is 0 Å². The van der Waals surface area contributed by atoms with E-state index in [1.807, 2.05) is 60.0 Å². The van der Waals surface area contributed by atoms with Crippen molar-refractivity contribution in [3.63, 3.8) is 0 Å². The van der Waals surface area contributed by atoms with Crippen LogP contribution in [-0.2, 0) is 11.3 Å². The van der Waals surface area contributed by atoms with Crippen molar-refractivity contribution in [1.29, 1.82) is 0 Å². The monoisotopic (exact) mass is 412 g/mol. The van der Waals surface area contributed by atoms with E-state index < -0.39 is 0 Å². The smallest absolute Gasteiger partial charge is 0.233 e. The first kappa shape index (κ1) is 20.7. The maximum Gasteiger partial charge on any atom is 0.233 e. The number of carbonyl (C=O) groups excluding carboxylic acids is 1. The molecule has 0 spiro atoms. The number of rotatable bonds is 9. The number of thioether (sulfide) groups is 1. The van der Waals surface area contributed by atoms with Crippen LogP contribution in [0.5, 0.6) is 11.5 Å². The van der Waals surface area contributed by atoms with E-state index in [2.05, 4.69) is 10.2 Å². The Bertz CT molecular complexity index is 946. The average Bonchev–Trinajstić information content (AvgIpc) is 3.24. The highest BCUT2D eigenvalue weighted by Gasteiger charge is 2.16. The van der Waals surface area contributed by atoms with Crippen molar-refractivity contribution >= 4 is 17.7 Å². The molecule has 8 heteroatoms. The molecule has 0 aliphatic carbocycles. The highest BCUT2D eigenvalue weighted by atomic mass is 32.2. The summed E-state index contributed by atoms with van der Waals surface area (Å²) in [5.41, 5.74) is 1.94. The van der Waals surface area contributed by atoms with Gasteiger partial charge in [0.15, 0.2) is 16.7 Å². The van der Waals surface area contributed by atoms with Crippen LogP contribution in [0.3, 0.4) is 0 Å². The topological polar surface area (TPSA) is 69.5 Å². The maximum atomic E-state index is 12.8. The molecule has 1 heterocycles. The molecule has 0 N–H and O–H groups in total. The summed E-state index contributed by atoms with van der Waals surface area (Å²) in [6.45, 7) is 3.08. The first-order valence-electron chi connectivity index (χ1n) is 9.23. The second-order valence-electron chi connectivity index (χ2n) is 6.20. The van der Waals surface area contributed by atoms with E-state index in [-0.39, 0.29) is 11.7 Å². The molecule has 0 unspecified atom stereocenters. The molecule has 0 saturated carbocycles. The summed E-state index contributed by atoms with van der Waals surface area (Å²) in [4.78, 5) is 14.6. The van der Waals surface area contributed by atoms with E-state index in [1.165, 1.54) is 11.8 Å². The third-order valence-electron chi connectivity index (χ3n) is 4.43. The Morgan fingerprint density at radius 2 is 1.86 bits per heavy atom. The molecular formula is C21H24N4O3S. The van der Waals surface area contributed by atoms with Crippen LogP contribution in [0.4, 0.5) is 0 Å². The molecule has 0 aliphatic heterocycles. The van der Waals surface area contributed by atoms with Gasteiger partial charge in [-0.3, -0.25) is 9.36 Å². The Morgan fingerprint density at radius 1 is 1.10 bits per heavy atom. The molecule has 152 valence electrons. The fourth-order valence-corrected chi connectivity index (χ4v) is 3.71. The largest absolute Gasteiger partial charge is 0.493 e. The van der Waals surface area contributed by atoms with Gasteiger partial charge in [-0.1, -0.05) is 36.0 Å². The Morgan fingerprint density at radius 3 is 2.55 bits per heavy atom. The van der Waals surface area contributed by atoms with Gasteiger partial charge >= 0.3 is 0 Å². The SMILES string of the molecule is CCN(Cc1ccc(OC)c(OC)c1)C(=O)CSc1nncn1-c1ccccc1. The lowest BCUT2D eigenvalue weighted by Crippen LogP contribution is -2.31. The van der Waals surface area contributed by atoms with Gasteiger partial charge in [0.25, 0.3) is 0 Å². The van der Waals surface area contributed by atoms with Crippen molar-refractivity contribution in [3.05, 3.63) is 60.4 Å². The highest BCUT2D eigenvalue weighted by molar-refractivity contribution is 7.99. The van der Waals surface area contributed by atoms with Gasteiger partial charge < -0.3 is 14.4 Å². The minimum Gasteiger partial charge on any atom is -0.493 e. The molecule has 0 bridgehead atoms. The summed E-state index contributed by atoms with van der Waals surface area (Å²) in [5.74, 6) is 1.64. The molecule has 0 saturated heterocycles. The van der Waals surface area contributed by atoms with Crippen LogP contribution >= 0.6 is 11.8 Å². The number of benzene rings is 2. The Kier molecular flexibility index (Phi) is 7.13. The summed E-state index contributed by atoms with van der Waals surface area (Å²) in [5, 5.41) is 8.82. The molecule has 0 fully saturated rings. The van der Waals surface area contributed by atoms with Gasteiger partial charge in [-0.05, 0) is 36.8 Å². The molecule has 3 rings (SSSR count). The number of amides is 1. The molecule has 1 amide bonds. The zero-order chi connectivity index (χ0) is 20.6. The minimum absolute atomic E-state index is 0.0369. The molecule has 29 heavy (non-hydrogen) atoms. The molecule has 7 nitrogen and oxygen atoms in total. The number of hydrogen-bond donors (Lipinski definition) is 0. The van der Waals surface area contributed by atoms with Gasteiger partial charge in [0.05, 0.1) is 20.0 Å². The number of aromatic nitrogens is 3. The van der Waals surface area contributed by atoms with Crippen LogP contribution in [0.25, 0.3) is 5.69 Å². The van der Waals surface area contributed by atoms with Crippen LogP contribution in [-0.4, -0.2) is 52.1 Å². The minimum atomic E-state index is 0.0369. The first-order chi connectivity index (χ1) is 14.2. The van der Waals surface area contributed by atoms with Crippen LogP contribution in [0.1, 0.15) is 12.5 Å². The van der Waals surface area contributed by atoms with Crippen LogP contribution in [0.15, 0.2) is 60.0 Å². The van der Waals surface area contributed by atoms with Crippen molar-refractivity contribution < 1.29 is 14.3 Å². The Hall–Kier alpha value is -3.00. The second kappa shape index (κ2) is 9.97. The number of methoxy groups -OCH3 is 2. The van der Waals surface area contributed by atoms with Crippen molar-refractivity contribution in [2.75, 3.05) is 26.5 Å². The summed E-state index contributed by atoms with van der Waals surface area (Å²) in [6, 6.07) is 15.5. The van der Waals surface area contributed by atoms with Crippen LogP contribution in [0.2, 0.25) is 0 Å². The average molecular weight is 413 g/mol. The quantitative estimate of drug-likeness (QED) is 0.502. The summed E-state index contributed by atoms with van der Waals surface area (Å²) in [7, 11) is 3.20. The van der Waals surface area contributed by atoms with E-state index in [0.717, 1.165) is 11.3 Å². The highest BCUT2D eigenvalue weighted by Crippen LogP contribution is 2.28. The van der Waals surface area contributed by atoms with E-state index in [4.69, 9.17) is 9.47 Å². The predicted octanol–water partition coefficient (Wildman–Crippen LogP) is 3.43. The molecule has 2 aromatic carbocycles. The van der Waals surface area contributed by atoms with Gasteiger partial charge in [-0.25, -0.2) is 0 Å². The van der Waals surface area contributed by atoms with Crippen molar-refractivity contribution in [2.24, 2.45) is 0 Å². The number of hydrogen-bond acceptors (Lipinski definition) is 6. The molecule has 0 aliphatic rings. The lowest BCUT2D eigenvalue weighted by atomic mass is 10.2. The number of nitrogens with zero attached hydrogens (tertiary/aromatic N) is 4. The Balaban J connectivity index is 1.65. The van der Waals surface area contributed by atoms with E-state index in [0.29, 0.717) is 29.7 Å². The lowest BCUT2D eigenvalue weighted by Gasteiger charge is -2.21. The zero-order valence-corrected chi connectivity index (χ0v) is 17.6. The molecular weight excluding hydrogens is 388 g/mol. The molecule has 0 atom stereocenters. The third-order valence-corrected chi connectivity index (χ3v) is 5.36. The zero-order valence-electron chi connectivity index (χ0n) is 16.7. The fourth-order valence-electron chi connectivity index (χ4n) is 2.88. The van der Waals surface area contributed by atoms with E-state index in [9.17, 15) is 4.79 Å². The standard InChI is InChI=1S/C21H24N4O3S/c1-4-24(13-16-10-11-18(27-2)19(12-16)28-3)20(26)14-29-21-23-22-15-25(21)17-8-6-5-7-9-17/h5-12,15H,4,13-14H2,1-3H3. The van der Waals surface area contributed by atoms with Crippen molar-refractivity contribution in [2.45, 2.75) is 18.6 Å². The van der Waals surface area contributed by atoms with Crippen molar-refractivity contribution in [1.82, 2.24) is 19.7 Å². The first-order valence-corrected chi connectivity index (χ1v) is 10.2. The molecule has 0 radical (unpaired) electrons. The maximum absolute atomic E-state index is 12.8.